The van der Waals surface area contributed by atoms with Gasteiger partial charge >= 0.3 is 0 Å². The molecule has 2 nitrogen and oxygen atoms in total. The summed E-state index contributed by atoms with van der Waals surface area (Å²) in [5, 5.41) is 9.62. The maximum atomic E-state index is 9.37. The van der Waals surface area contributed by atoms with Crippen molar-refractivity contribution in [1.29, 1.82) is 0 Å². The first-order chi connectivity index (χ1) is 5.25. The number of hydrogen-bond acceptors (Lipinski definition) is 2. The monoisotopic (exact) mass is 172 g/mol. The van der Waals surface area contributed by atoms with Gasteiger partial charge in [-0.3, -0.25) is 0 Å². The lowest BCUT2D eigenvalue weighted by Gasteiger charge is -2.03. The van der Waals surface area contributed by atoms with E-state index in [2.05, 4.69) is 6.58 Å². The zero-order valence-corrected chi connectivity index (χ0v) is 6.71. The van der Waals surface area contributed by atoms with Crippen molar-refractivity contribution < 1.29 is 9.52 Å². The Morgan fingerprint density at radius 3 is 3.00 bits per heavy atom. The van der Waals surface area contributed by atoms with Gasteiger partial charge in [0.25, 0.3) is 0 Å². The van der Waals surface area contributed by atoms with Gasteiger partial charge in [-0.15, -0.1) is 6.58 Å². The van der Waals surface area contributed by atoms with E-state index in [1.807, 2.05) is 0 Å². The van der Waals surface area contributed by atoms with E-state index in [4.69, 9.17) is 16.0 Å². The molecule has 1 heterocycles. The predicted molar refractivity (Wildman–Crippen MR) is 43.5 cm³/mol. The minimum absolute atomic E-state index is 0.249. The van der Waals surface area contributed by atoms with E-state index in [0.717, 1.165) is 0 Å². The topological polar surface area (TPSA) is 33.4 Å². The van der Waals surface area contributed by atoms with E-state index in [0.29, 0.717) is 12.0 Å². The average Bonchev–Trinajstić information content (AvgIpc) is 2.36. The summed E-state index contributed by atoms with van der Waals surface area (Å²) >= 11 is 5.61. The molecule has 0 saturated heterocycles. The third-order valence-electron chi connectivity index (χ3n) is 1.39. The van der Waals surface area contributed by atoms with Crippen LogP contribution in [0.1, 0.15) is 18.1 Å². The van der Waals surface area contributed by atoms with Gasteiger partial charge in [-0.1, -0.05) is 6.08 Å². The molecule has 1 atom stereocenters. The summed E-state index contributed by atoms with van der Waals surface area (Å²) in [6.45, 7) is 3.51. The first kappa shape index (κ1) is 8.37. The third kappa shape index (κ3) is 1.85. The number of aliphatic hydroxyl groups excluding tert-OH is 1. The van der Waals surface area contributed by atoms with Crippen LogP contribution in [0.25, 0.3) is 0 Å². The van der Waals surface area contributed by atoms with Gasteiger partial charge < -0.3 is 9.52 Å². The Kier molecular flexibility index (Phi) is 2.74. The van der Waals surface area contributed by atoms with E-state index >= 15 is 0 Å². The van der Waals surface area contributed by atoms with Crippen LogP contribution in [0, 0.1) is 0 Å². The molecule has 1 aromatic rings. The van der Waals surface area contributed by atoms with E-state index in [1.165, 1.54) is 6.26 Å². The van der Waals surface area contributed by atoms with Crippen LogP contribution in [0.2, 0.25) is 5.22 Å². The molecule has 11 heavy (non-hydrogen) atoms. The highest BCUT2D eigenvalue weighted by atomic mass is 35.5. The Labute approximate surface area is 70.1 Å². The molecule has 0 aliphatic rings. The van der Waals surface area contributed by atoms with Crippen molar-refractivity contribution >= 4 is 11.6 Å². The Balaban J connectivity index is 2.74. The summed E-state index contributed by atoms with van der Waals surface area (Å²) in [5.74, 6) is 0. The van der Waals surface area contributed by atoms with Crippen LogP contribution in [-0.4, -0.2) is 5.11 Å². The molecule has 3 heteroatoms. The molecular weight excluding hydrogens is 164 g/mol. The molecule has 1 unspecified atom stereocenters. The van der Waals surface area contributed by atoms with Crippen LogP contribution in [-0.2, 0) is 0 Å². The normalized spacial score (nSPS) is 12.9. The highest BCUT2D eigenvalue weighted by Gasteiger charge is 2.11. The summed E-state index contributed by atoms with van der Waals surface area (Å²) in [5.41, 5.74) is 0.617. The zero-order chi connectivity index (χ0) is 8.27. The Hall–Kier alpha value is -0.730. The second-order valence-corrected chi connectivity index (χ2v) is 2.53. The first-order valence-electron chi connectivity index (χ1n) is 3.27. The maximum Gasteiger partial charge on any atom is 0.198 e. The van der Waals surface area contributed by atoms with E-state index in [1.54, 1.807) is 12.1 Å². The quantitative estimate of drug-likeness (QED) is 0.711. The van der Waals surface area contributed by atoms with Crippen molar-refractivity contribution in [2.75, 3.05) is 0 Å². The largest absolute Gasteiger partial charge is 0.453 e. The van der Waals surface area contributed by atoms with Crippen LogP contribution in [0.3, 0.4) is 0 Å². The molecule has 1 aromatic heterocycles. The SMILES string of the molecule is C=CCC(O)c1ccoc1Cl. The summed E-state index contributed by atoms with van der Waals surface area (Å²) < 4.78 is 4.80. The fraction of sp³-hybridized carbons (Fsp3) is 0.250. The van der Waals surface area contributed by atoms with Crippen molar-refractivity contribution in [3.63, 3.8) is 0 Å². The van der Waals surface area contributed by atoms with Crippen LogP contribution < -0.4 is 0 Å². The summed E-state index contributed by atoms with van der Waals surface area (Å²) in [6.07, 6.45) is 2.97. The van der Waals surface area contributed by atoms with Crippen molar-refractivity contribution in [2.45, 2.75) is 12.5 Å². The number of rotatable bonds is 3. The molecule has 60 valence electrons. The average molecular weight is 173 g/mol. The lowest BCUT2D eigenvalue weighted by atomic mass is 10.1. The van der Waals surface area contributed by atoms with Gasteiger partial charge in [0.15, 0.2) is 5.22 Å². The molecule has 0 aliphatic carbocycles. The van der Waals surface area contributed by atoms with Gasteiger partial charge in [0.2, 0.25) is 0 Å². The Bertz CT molecular complexity index is 242. The number of aliphatic hydroxyl groups is 1. The van der Waals surface area contributed by atoms with Crippen LogP contribution in [0.5, 0.6) is 0 Å². The highest BCUT2D eigenvalue weighted by Crippen LogP contribution is 2.25. The first-order valence-corrected chi connectivity index (χ1v) is 3.65. The van der Waals surface area contributed by atoms with Gasteiger partial charge in [0, 0.05) is 5.56 Å². The lowest BCUT2D eigenvalue weighted by Crippen LogP contribution is -1.93. The molecule has 0 bridgehead atoms. The van der Waals surface area contributed by atoms with Gasteiger partial charge in [0.05, 0.1) is 12.4 Å². The highest BCUT2D eigenvalue weighted by molar-refractivity contribution is 6.29. The standard InChI is InChI=1S/C8H9ClO2/c1-2-3-7(10)6-4-5-11-8(6)9/h2,4-5,7,10H,1,3H2. The summed E-state index contributed by atoms with van der Waals surface area (Å²) in [7, 11) is 0. The van der Waals surface area contributed by atoms with Gasteiger partial charge in [-0.05, 0) is 24.1 Å². The molecule has 0 spiro atoms. The minimum Gasteiger partial charge on any atom is -0.453 e. The summed E-state index contributed by atoms with van der Waals surface area (Å²) in [4.78, 5) is 0. The van der Waals surface area contributed by atoms with E-state index in [-0.39, 0.29) is 5.22 Å². The molecule has 1 rings (SSSR count). The molecule has 1 N–H and O–H groups in total. The van der Waals surface area contributed by atoms with Gasteiger partial charge in [-0.2, -0.15) is 0 Å². The van der Waals surface area contributed by atoms with Gasteiger partial charge in [-0.25, -0.2) is 0 Å². The smallest absolute Gasteiger partial charge is 0.198 e. The van der Waals surface area contributed by atoms with E-state index in [9.17, 15) is 5.11 Å². The van der Waals surface area contributed by atoms with Crippen LogP contribution in [0.15, 0.2) is 29.4 Å². The molecule has 0 saturated carbocycles. The van der Waals surface area contributed by atoms with Gasteiger partial charge in [0.1, 0.15) is 0 Å². The van der Waals surface area contributed by atoms with Crippen molar-refractivity contribution in [2.24, 2.45) is 0 Å². The van der Waals surface area contributed by atoms with Crippen molar-refractivity contribution in [3.05, 3.63) is 35.8 Å². The maximum absolute atomic E-state index is 9.37. The minimum atomic E-state index is -0.598. The predicted octanol–water partition coefficient (Wildman–Crippen LogP) is 2.54. The fourth-order valence-electron chi connectivity index (χ4n) is 0.828. The molecule has 0 aliphatic heterocycles. The van der Waals surface area contributed by atoms with Crippen molar-refractivity contribution in [3.8, 4) is 0 Å². The second kappa shape index (κ2) is 3.60. The van der Waals surface area contributed by atoms with Crippen LogP contribution in [0.4, 0.5) is 0 Å². The number of hydrogen-bond donors (Lipinski definition) is 1. The van der Waals surface area contributed by atoms with Crippen LogP contribution >= 0.6 is 11.6 Å². The number of halogens is 1. The van der Waals surface area contributed by atoms with E-state index < -0.39 is 6.10 Å². The fourth-order valence-corrected chi connectivity index (χ4v) is 1.07. The molecule has 0 aromatic carbocycles. The lowest BCUT2D eigenvalue weighted by molar-refractivity contribution is 0.181. The second-order valence-electron chi connectivity index (χ2n) is 2.19. The molecule has 0 radical (unpaired) electrons. The molecular formula is C8H9ClO2. The Morgan fingerprint density at radius 2 is 2.55 bits per heavy atom. The summed E-state index contributed by atoms with van der Waals surface area (Å²) in [6, 6.07) is 1.65. The molecule has 0 amide bonds. The third-order valence-corrected chi connectivity index (χ3v) is 1.70. The van der Waals surface area contributed by atoms with Crippen molar-refractivity contribution in [1.82, 2.24) is 0 Å². The zero-order valence-electron chi connectivity index (χ0n) is 5.96. The Morgan fingerprint density at radius 1 is 1.82 bits per heavy atom. The number of furan rings is 1. The molecule has 0 fully saturated rings.